The molecule has 0 spiro atoms. The van der Waals surface area contributed by atoms with E-state index in [1.807, 2.05) is 0 Å². The Morgan fingerprint density at radius 3 is 2.45 bits per heavy atom. The molecule has 1 fully saturated rings. The molecule has 0 aliphatic carbocycles. The van der Waals surface area contributed by atoms with Gasteiger partial charge in [0.05, 0.1) is 5.41 Å². The third-order valence-corrected chi connectivity index (χ3v) is 5.46. The molecule has 0 saturated carbocycles. The van der Waals surface area contributed by atoms with Gasteiger partial charge in [0.2, 0.25) is 14.3 Å². The van der Waals surface area contributed by atoms with E-state index in [9.17, 15) is 18.9 Å². The number of carbonyl (C=O) groups excluding carboxylic acids is 3. The van der Waals surface area contributed by atoms with Crippen LogP contribution in [0.3, 0.4) is 0 Å². The van der Waals surface area contributed by atoms with E-state index in [0.717, 1.165) is 25.7 Å². The summed E-state index contributed by atoms with van der Waals surface area (Å²) in [5.41, 5.74) is 4.73. The Morgan fingerprint density at radius 2 is 1.86 bits per heavy atom. The van der Waals surface area contributed by atoms with Gasteiger partial charge in [-0.1, -0.05) is 12.8 Å². The van der Waals surface area contributed by atoms with E-state index in [-0.39, 0.29) is 0 Å². The molecular weight excluding hydrogens is 399 g/mol. The fourth-order valence-corrected chi connectivity index (χ4v) is 3.51. The second-order valence-corrected chi connectivity index (χ2v) is 9.52. The third kappa shape index (κ3) is 10.9. The SMILES string of the molecule is CC(C)(C)C(=O)OC(CCCCCCN)O[PH](=O)CC(=O)OC(=O)[C@@H]1CCCN1. The zero-order valence-corrected chi connectivity index (χ0v) is 18.7. The van der Waals surface area contributed by atoms with Crippen molar-refractivity contribution in [3.8, 4) is 0 Å². The second kappa shape index (κ2) is 13.1. The lowest BCUT2D eigenvalue weighted by Gasteiger charge is -2.23. The van der Waals surface area contributed by atoms with Crippen molar-refractivity contribution in [3.63, 3.8) is 0 Å². The van der Waals surface area contributed by atoms with Crippen LogP contribution in [0.2, 0.25) is 0 Å². The number of ether oxygens (including phenoxy) is 2. The van der Waals surface area contributed by atoms with Crippen LogP contribution in [0.1, 0.15) is 65.7 Å². The highest BCUT2D eigenvalue weighted by Gasteiger charge is 2.29. The average molecular weight is 434 g/mol. The van der Waals surface area contributed by atoms with Crippen LogP contribution in [0.25, 0.3) is 0 Å². The number of rotatable bonds is 12. The topological polar surface area (TPSA) is 134 Å². The normalized spacial score (nSPS) is 18.8. The molecule has 0 aromatic rings. The largest absolute Gasteiger partial charge is 0.435 e. The standard InChI is InChI=1S/C19H35N2O7P/c1-19(2,3)18(24)27-16(10-6-4-5-7-11-20)28-29(25)13-15(22)26-17(23)14-9-8-12-21-14/h14,16,21,29H,4-13,20H2,1-3H3/t14-,16?/m0/s1. The monoisotopic (exact) mass is 434 g/mol. The summed E-state index contributed by atoms with van der Waals surface area (Å²) < 4.78 is 27.7. The lowest BCUT2D eigenvalue weighted by molar-refractivity contribution is -0.173. The van der Waals surface area contributed by atoms with Crippen LogP contribution in [0.5, 0.6) is 0 Å². The van der Waals surface area contributed by atoms with E-state index >= 15 is 0 Å². The molecule has 2 unspecified atom stereocenters. The lowest BCUT2D eigenvalue weighted by Crippen LogP contribution is -2.34. The molecule has 1 saturated heterocycles. The number of esters is 3. The van der Waals surface area contributed by atoms with Crippen LogP contribution in [0, 0.1) is 5.41 Å². The van der Waals surface area contributed by atoms with Gasteiger partial charge in [-0.3, -0.25) is 18.7 Å². The van der Waals surface area contributed by atoms with Gasteiger partial charge in [-0.25, -0.2) is 4.79 Å². The molecule has 1 rings (SSSR count). The zero-order chi connectivity index (χ0) is 21.9. The highest BCUT2D eigenvalue weighted by Crippen LogP contribution is 2.29. The van der Waals surface area contributed by atoms with Crippen molar-refractivity contribution >= 4 is 25.9 Å². The molecule has 168 valence electrons. The van der Waals surface area contributed by atoms with Crippen LogP contribution in [0.4, 0.5) is 0 Å². The maximum Gasteiger partial charge on any atom is 0.330 e. The third-order valence-electron chi connectivity index (χ3n) is 4.36. The molecule has 3 N–H and O–H groups in total. The predicted molar refractivity (Wildman–Crippen MR) is 109 cm³/mol. The Kier molecular flexibility index (Phi) is 11.6. The van der Waals surface area contributed by atoms with E-state index < -0.39 is 49.8 Å². The van der Waals surface area contributed by atoms with Crippen LogP contribution < -0.4 is 11.1 Å². The summed E-state index contributed by atoms with van der Waals surface area (Å²) in [6.07, 6.45) is 3.67. The molecule has 1 aliphatic heterocycles. The van der Waals surface area contributed by atoms with Gasteiger partial charge in [0.25, 0.3) is 0 Å². The van der Waals surface area contributed by atoms with E-state index in [0.29, 0.717) is 32.4 Å². The minimum absolute atomic E-state index is 0.364. The van der Waals surface area contributed by atoms with Gasteiger partial charge < -0.3 is 20.5 Å². The van der Waals surface area contributed by atoms with Gasteiger partial charge in [-0.2, -0.15) is 0 Å². The summed E-state index contributed by atoms with van der Waals surface area (Å²) in [5.74, 6) is -2.06. The highest BCUT2D eigenvalue weighted by atomic mass is 31.1. The van der Waals surface area contributed by atoms with Crippen molar-refractivity contribution in [1.29, 1.82) is 0 Å². The van der Waals surface area contributed by atoms with E-state index in [4.69, 9.17) is 19.7 Å². The minimum atomic E-state index is -2.89. The zero-order valence-electron chi connectivity index (χ0n) is 17.7. The molecule has 0 radical (unpaired) electrons. The fraction of sp³-hybridized carbons (Fsp3) is 0.842. The maximum atomic E-state index is 12.3. The van der Waals surface area contributed by atoms with Gasteiger partial charge in [0, 0.05) is 6.42 Å². The summed E-state index contributed by atoms with van der Waals surface area (Å²) in [6, 6.07) is -0.504. The lowest BCUT2D eigenvalue weighted by atomic mass is 9.97. The van der Waals surface area contributed by atoms with Crippen molar-refractivity contribution in [2.45, 2.75) is 78.0 Å². The van der Waals surface area contributed by atoms with Crippen LogP contribution in [0.15, 0.2) is 0 Å². The first-order chi connectivity index (χ1) is 13.6. The molecule has 1 heterocycles. The maximum absolute atomic E-state index is 12.3. The molecular formula is C19H35N2O7P. The first-order valence-electron chi connectivity index (χ1n) is 10.2. The summed E-state index contributed by atoms with van der Waals surface area (Å²) in [6.45, 7) is 6.42. The van der Waals surface area contributed by atoms with Gasteiger partial charge >= 0.3 is 17.9 Å². The first-order valence-corrected chi connectivity index (χ1v) is 11.7. The molecule has 0 bridgehead atoms. The number of carbonyl (C=O) groups is 3. The summed E-state index contributed by atoms with van der Waals surface area (Å²) in [4.78, 5) is 35.9. The van der Waals surface area contributed by atoms with Crippen LogP contribution in [-0.2, 0) is 32.9 Å². The van der Waals surface area contributed by atoms with E-state index in [1.165, 1.54) is 0 Å². The van der Waals surface area contributed by atoms with Crippen molar-refractivity contribution in [2.75, 3.05) is 19.3 Å². The molecule has 0 aromatic heterocycles. The van der Waals surface area contributed by atoms with Crippen molar-refractivity contribution in [2.24, 2.45) is 11.1 Å². The van der Waals surface area contributed by atoms with Crippen LogP contribution in [-0.4, -0.2) is 49.5 Å². The minimum Gasteiger partial charge on any atom is -0.435 e. The number of hydrogen-bond acceptors (Lipinski definition) is 9. The van der Waals surface area contributed by atoms with E-state index in [1.54, 1.807) is 20.8 Å². The number of nitrogens with one attached hydrogen (secondary N) is 1. The molecule has 3 atom stereocenters. The molecule has 10 heteroatoms. The quantitative estimate of drug-likeness (QED) is 0.156. The number of nitrogens with two attached hydrogens (primary N) is 1. The number of hydrogen-bond donors (Lipinski definition) is 2. The Balaban J connectivity index is 2.51. The Hall–Kier alpha value is -1.28. The molecule has 9 nitrogen and oxygen atoms in total. The van der Waals surface area contributed by atoms with Gasteiger partial charge in [-0.05, 0) is 59.5 Å². The van der Waals surface area contributed by atoms with Crippen molar-refractivity contribution in [3.05, 3.63) is 0 Å². The predicted octanol–water partition coefficient (Wildman–Crippen LogP) is 2.12. The molecule has 29 heavy (non-hydrogen) atoms. The molecule has 0 amide bonds. The van der Waals surface area contributed by atoms with E-state index in [2.05, 4.69) is 5.32 Å². The Labute approximate surface area is 173 Å². The highest BCUT2D eigenvalue weighted by molar-refractivity contribution is 7.40. The average Bonchev–Trinajstić information content (AvgIpc) is 3.15. The van der Waals surface area contributed by atoms with Gasteiger partial charge in [0.1, 0.15) is 12.2 Å². The van der Waals surface area contributed by atoms with Crippen molar-refractivity contribution in [1.82, 2.24) is 5.32 Å². The fourth-order valence-electron chi connectivity index (χ4n) is 2.66. The Morgan fingerprint density at radius 1 is 1.17 bits per heavy atom. The van der Waals surface area contributed by atoms with Crippen LogP contribution >= 0.6 is 8.03 Å². The molecule has 1 aliphatic rings. The van der Waals surface area contributed by atoms with Crippen molar-refractivity contribution < 1.29 is 32.9 Å². The number of unbranched alkanes of at least 4 members (excludes halogenated alkanes) is 3. The smallest absolute Gasteiger partial charge is 0.330 e. The van der Waals surface area contributed by atoms with Gasteiger partial charge in [-0.15, -0.1) is 0 Å². The second-order valence-electron chi connectivity index (χ2n) is 8.19. The molecule has 0 aromatic carbocycles. The summed E-state index contributed by atoms with van der Waals surface area (Å²) in [5, 5.41) is 2.93. The summed E-state index contributed by atoms with van der Waals surface area (Å²) in [7, 11) is -2.89. The summed E-state index contributed by atoms with van der Waals surface area (Å²) >= 11 is 0. The Bertz CT molecular complexity index is 571. The first kappa shape index (κ1) is 25.8. The van der Waals surface area contributed by atoms with Gasteiger partial charge in [0.15, 0.2) is 0 Å².